The van der Waals surface area contributed by atoms with Gasteiger partial charge in [-0.05, 0) is 24.3 Å². The highest BCUT2D eigenvalue weighted by Crippen LogP contribution is 2.27. The Morgan fingerprint density at radius 2 is 1.95 bits per heavy atom. The van der Waals surface area contributed by atoms with E-state index < -0.39 is 5.91 Å². The first-order chi connectivity index (χ1) is 9.08. The molecule has 4 N–H and O–H groups in total. The van der Waals surface area contributed by atoms with E-state index in [0.29, 0.717) is 27.6 Å². The Balaban J connectivity index is 2.17. The van der Waals surface area contributed by atoms with Crippen LogP contribution in [-0.4, -0.2) is 5.91 Å². The maximum Gasteiger partial charge on any atom is 0.249 e. The molecule has 2 aromatic carbocycles. The number of ether oxygens (including phenoxy) is 1. The Morgan fingerprint density at radius 3 is 2.63 bits per heavy atom. The van der Waals surface area contributed by atoms with Crippen LogP contribution in [0.4, 0.5) is 5.69 Å². The Bertz CT molecular complexity index is 614. The van der Waals surface area contributed by atoms with Gasteiger partial charge < -0.3 is 16.2 Å². The SMILES string of the molecule is NC(=O)c1ccccc1COc1ccc(N)cc1Cl. The lowest BCUT2D eigenvalue weighted by Gasteiger charge is -2.10. The maximum absolute atomic E-state index is 11.3. The van der Waals surface area contributed by atoms with Crippen molar-refractivity contribution in [3.8, 4) is 5.75 Å². The average Bonchev–Trinajstić information content (AvgIpc) is 2.38. The standard InChI is InChI=1S/C14H13ClN2O2/c15-12-7-10(16)5-6-13(12)19-8-9-3-1-2-4-11(9)14(17)18/h1-7H,8,16H2,(H2,17,18). The first-order valence-corrected chi connectivity index (χ1v) is 6.01. The van der Waals surface area contributed by atoms with E-state index in [1.165, 1.54) is 0 Å². The number of amides is 1. The summed E-state index contributed by atoms with van der Waals surface area (Å²) in [6.07, 6.45) is 0. The first kappa shape index (κ1) is 13.2. The Kier molecular flexibility index (Phi) is 3.92. The van der Waals surface area contributed by atoms with Crippen molar-refractivity contribution in [3.05, 3.63) is 58.6 Å². The molecule has 0 aliphatic rings. The molecule has 0 aliphatic heterocycles. The minimum Gasteiger partial charge on any atom is -0.487 e. The number of benzene rings is 2. The third-order valence-corrected chi connectivity index (χ3v) is 2.92. The van der Waals surface area contributed by atoms with Crippen molar-refractivity contribution in [2.24, 2.45) is 5.73 Å². The molecule has 0 heterocycles. The van der Waals surface area contributed by atoms with Gasteiger partial charge in [-0.2, -0.15) is 0 Å². The van der Waals surface area contributed by atoms with Crippen molar-refractivity contribution in [2.45, 2.75) is 6.61 Å². The van der Waals surface area contributed by atoms with Gasteiger partial charge in [0.15, 0.2) is 0 Å². The predicted molar refractivity (Wildman–Crippen MR) is 75.2 cm³/mol. The van der Waals surface area contributed by atoms with Crippen molar-refractivity contribution in [1.82, 2.24) is 0 Å². The number of rotatable bonds is 4. The minimum absolute atomic E-state index is 0.211. The van der Waals surface area contributed by atoms with E-state index in [0.717, 1.165) is 0 Å². The molecular weight excluding hydrogens is 264 g/mol. The lowest BCUT2D eigenvalue weighted by molar-refractivity contribution is 0.0998. The summed E-state index contributed by atoms with van der Waals surface area (Å²) in [5.41, 5.74) is 12.6. The van der Waals surface area contributed by atoms with Crippen LogP contribution in [0.3, 0.4) is 0 Å². The molecule has 0 atom stereocenters. The van der Waals surface area contributed by atoms with Crippen LogP contribution in [0.2, 0.25) is 5.02 Å². The molecule has 0 saturated carbocycles. The molecule has 2 rings (SSSR count). The van der Waals surface area contributed by atoms with Crippen molar-refractivity contribution >= 4 is 23.2 Å². The van der Waals surface area contributed by atoms with Gasteiger partial charge in [0.1, 0.15) is 12.4 Å². The van der Waals surface area contributed by atoms with Gasteiger partial charge in [0.05, 0.1) is 5.02 Å². The van der Waals surface area contributed by atoms with Gasteiger partial charge in [0.25, 0.3) is 0 Å². The van der Waals surface area contributed by atoms with Crippen molar-refractivity contribution < 1.29 is 9.53 Å². The molecule has 0 spiro atoms. The fourth-order valence-corrected chi connectivity index (χ4v) is 1.92. The minimum atomic E-state index is -0.484. The van der Waals surface area contributed by atoms with Gasteiger partial charge in [-0.25, -0.2) is 0 Å². The molecule has 1 amide bonds. The third kappa shape index (κ3) is 3.17. The number of primary amides is 1. The quantitative estimate of drug-likeness (QED) is 0.843. The van der Waals surface area contributed by atoms with Gasteiger partial charge in [-0.3, -0.25) is 4.79 Å². The molecule has 0 radical (unpaired) electrons. The van der Waals surface area contributed by atoms with E-state index in [-0.39, 0.29) is 6.61 Å². The zero-order valence-corrected chi connectivity index (χ0v) is 10.9. The largest absolute Gasteiger partial charge is 0.487 e. The molecule has 4 nitrogen and oxygen atoms in total. The molecule has 98 valence electrons. The molecule has 0 aliphatic carbocycles. The van der Waals surface area contributed by atoms with Crippen LogP contribution in [0.25, 0.3) is 0 Å². The third-order valence-electron chi connectivity index (χ3n) is 2.62. The summed E-state index contributed by atoms with van der Waals surface area (Å²) >= 11 is 6.00. The Hall–Kier alpha value is -2.20. The molecular formula is C14H13ClN2O2. The van der Waals surface area contributed by atoms with E-state index in [1.807, 2.05) is 6.07 Å². The molecule has 0 unspecified atom stereocenters. The summed E-state index contributed by atoms with van der Waals surface area (Å²) in [6.45, 7) is 0.211. The van der Waals surface area contributed by atoms with Crippen LogP contribution in [0, 0.1) is 0 Å². The molecule has 0 saturated heterocycles. The van der Waals surface area contributed by atoms with Gasteiger partial charge >= 0.3 is 0 Å². The first-order valence-electron chi connectivity index (χ1n) is 5.63. The van der Waals surface area contributed by atoms with E-state index in [9.17, 15) is 4.79 Å². The number of hydrogen-bond acceptors (Lipinski definition) is 3. The van der Waals surface area contributed by atoms with Gasteiger partial charge in [-0.15, -0.1) is 0 Å². The summed E-state index contributed by atoms with van der Waals surface area (Å²) in [7, 11) is 0. The second kappa shape index (κ2) is 5.63. The van der Waals surface area contributed by atoms with Crippen LogP contribution in [0.5, 0.6) is 5.75 Å². The molecule has 0 bridgehead atoms. The molecule has 0 aromatic heterocycles. The lowest BCUT2D eigenvalue weighted by Crippen LogP contribution is -2.14. The van der Waals surface area contributed by atoms with Crippen LogP contribution < -0.4 is 16.2 Å². The van der Waals surface area contributed by atoms with Gasteiger partial charge in [0.2, 0.25) is 5.91 Å². The Morgan fingerprint density at radius 1 is 1.21 bits per heavy atom. The normalized spacial score (nSPS) is 10.2. The van der Waals surface area contributed by atoms with Crippen LogP contribution in [0.1, 0.15) is 15.9 Å². The second-order valence-corrected chi connectivity index (χ2v) is 4.41. The average molecular weight is 277 g/mol. The van der Waals surface area contributed by atoms with Gasteiger partial charge in [-0.1, -0.05) is 29.8 Å². The monoisotopic (exact) mass is 276 g/mol. The van der Waals surface area contributed by atoms with E-state index >= 15 is 0 Å². The summed E-state index contributed by atoms with van der Waals surface area (Å²) in [4.78, 5) is 11.3. The van der Waals surface area contributed by atoms with E-state index in [4.69, 9.17) is 27.8 Å². The summed E-state index contributed by atoms with van der Waals surface area (Å²) in [6, 6.07) is 12.0. The van der Waals surface area contributed by atoms with Crippen molar-refractivity contribution in [1.29, 1.82) is 0 Å². The molecule has 5 heteroatoms. The number of anilines is 1. The Labute approximate surface area is 115 Å². The molecule has 0 fully saturated rings. The summed E-state index contributed by atoms with van der Waals surface area (Å²) in [5, 5.41) is 0.427. The number of nitrogens with two attached hydrogens (primary N) is 2. The van der Waals surface area contributed by atoms with E-state index in [1.54, 1.807) is 36.4 Å². The summed E-state index contributed by atoms with van der Waals surface area (Å²) < 4.78 is 5.57. The highest BCUT2D eigenvalue weighted by molar-refractivity contribution is 6.32. The smallest absolute Gasteiger partial charge is 0.249 e. The fourth-order valence-electron chi connectivity index (χ4n) is 1.68. The zero-order valence-electron chi connectivity index (χ0n) is 10.1. The number of carbonyl (C=O) groups excluding carboxylic acids is 1. The number of halogens is 1. The lowest BCUT2D eigenvalue weighted by atomic mass is 10.1. The van der Waals surface area contributed by atoms with Crippen LogP contribution in [-0.2, 0) is 6.61 Å². The number of nitrogen functional groups attached to an aromatic ring is 1. The van der Waals surface area contributed by atoms with Gasteiger partial charge in [0, 0.05) is 16.8 Å². The molecule has 19 heavy (non-hydrogen) atoms. The summed E-state index contributed by atoms with van der Waals surface area (Å²) in [5.74, 6) is 0.0257. The topological polar surface area (TPSA) is 78.3 Å². The predicted octanol–water partition coefficient (Wildman–Crippen LogP) is 2.60. The molecule has 2 aromatic rings. The van der Waals surface area contributed by atoms with Crippen LogP contribution >= 0.6 is 11.6 Å². The van der Waals surface area contributed by atoms with Crippen LogP contribution in [0.15, 0.2) is 42.5 Å². The number of hydrogen-bond donors (Lipinski definition) is 2. The highest BCUT2D eigenvalue weighted by Gasteiger charge is 2.08. The maximum atomic E-state index is 11.3. The number of carbonyl (C=O) groups is 1. The fraction of sp³-hybridized carbons (Fsp3) is 0.0714. The van der Waals surface area contributed by atoms with Crippen molar-refractivity contribution in [3.63, 3.8) is 0 Å². The second-order valence-electron chi connectivity index (χ2n) is 4.00. The van der Waals surface area contributed by atoms with Crippen molar-refractivity contribution in [2.75, 3.05) is 5.73 Å². The van der Waals surface area contributed by atoms with E-state index in [2.05, 4.69) is 0 Å². The highest BCUT2D eigenvalue weighted by atomic mass is 35.5. The zero-order chi connectivity index (χ0) is 13.8.